The molecule has 4 fully saturated rings. The van der Waals surface area contributed by atoms with Crippen LogP contribution in [0, 0.1) is 22.7 Å². The van der Waals surface area contributed by atoms with Crippen LogP contribution in [0.15, 0.2) is 42.5 Å². The van der Waals surface area contributed by atoms with Crippen molar-refractivity contribution >= 4 is 22.6 Å². The molecule has 0 spiro atoms. The van der Waals surface area contributed by atoms with Gasteiger partial charge in [-0.3, -0.25) is 18.7 Å². The number of imide groups is 1. The van der Waals surface area contributed by atoms with E-state index >= 15 is 0 Å². The fourth-order valence-corrected chi connectivity index (χ4v) is 10.0. The molecule has 4 bridgehead atoms. The van der Waals surface area contributed by atoms with Gasteiger partial charge in [0, 0.05) is 22.0 Å². The summed E-state index contributed by atoms with van der Waals surface area (Å²) >= 11 is 0. The highest BCUT2D eigenvalue weighted by Crippen LogP contribution is 2.67. The summed E-state index contributed by atoms with van der Waals surface area (Å²) in [5.41, 5.74) is 0.211. The van der Waals surface area contributed by atoms with E-state index in [1.54, 1.807) is 0 Å². The standard InChI is InChI=1S/C25H29NO5S/c1-23(2)16-10-11-24(23,18(27)12-16)14-32(30)25-19-9-8-17(31-19)20(25)21(28)26(22(25)29)13-15-6-4-3-5-7-15/h3-9,16-20,27H,10-14H2,1-2H3/t16-,17+,18-,19-,20-,24-,25+,32?/m1/s1. The van der Waals surface area contributed by atoms with E-state index in [4.69, 9.17) is 4.74 Å². The van der Waals surface area contributed by atoms with E-state index in [1.807, 2.05) is 42.5 Å². The maximum atomic E-state index is 14.3. The SMILES string of the molecule is CC1(C)[C@@H]2CC[C@@]1(CS(=O)[C@]13C(=O)N(Cc4ccccc4)C(=O)[C@H]1[C@@H]1C=C[C@H]3O1)[C@H](O)C2. The minimum atomic E-state index is -1.67. The summed E-state index contributed by atoms with van der Waals surface area (Å²) in [4.78, 5) is 28.7. The number of aliphatic hydroxyl groups is 1. The maximum Gasteiger partial charge on any atom is 0.252 e. The molecule has 3 heterocycles. The highest BCUT2D eigenvalue weighted by atomic mass is 32.2. The molecule has 6 rings (SSSR count). The Morgan fingerprint density at radius 3 is 2.59 bits per heavy atom. The van der Waals surface area contributed by atoms with Crippen molar-refractivity contribution < 1.29 is 23.6 Å². The van der Waals surface area contributed by atoms with E-state index < -0.39 is 45.2 Å². The number of carbonyl (C=O) groups excluding carboxylic acids is 2. The lowest BCUT2D eigenvalue weighted by Crippen LogP contribution is -2.57. The molecule has 2 saturated heterocycles. The van der Waals surface area contributed by atoms with Crippen LogP contribution in [0.2, 0.25) is 0 Å². The van der Waals surface area contributed by atoms with E-state index in [9.17, 15) is 18.9 Å². The second-order valence-electron chi connectivity index (χ2n) is 10.7. The fourth-order valence-electron chi connectivity index (χ4n) is 7.40. The van der Waals surface area contributed by atoms with Gasteiger partial charge in [-0.2, -0.15) is 0 Å². The van der Waals surface area contributed by atoms with Gasteiger partial charge < -0.3 is 9.84 Å². The molecular formula is C25H29NO5S. The Kier molecular flexibility index (Phi) is 4.29. The van der Waals surface area contributed by atoms with Gasteiger partial charge in [0.15, 0.2) is 4.75 Å². The summed E-state index contributed by atoms with van der Waals surface area (Å²) in [6, 6.07) is 9.42. The molecule has 0 aromatic heterocycles. The predicted octanol–water partition coefficient (Wildman–Crippen LogP) is 2.18. The second-order valence-corrected chi connectivity index (χ2v) is 12.4. The van der Waals surface area contributed by atoms with E-state index in [0.29, 0.717) is 5.92 Å². The highest BCUT2D eigenvalue weighted by molar-refractivity contribution is 7.87. The van der Waals surface area contributed by atoms with Gasteiger partial charge in [-0.25, -0.2) is 0 Å². The van der Waals surface area contributed by atoms with Crippen LogP contribution in [0.4, 0.5) is 0 Å². The maximum absolute atomic E-state index is 14.3. The number of carbonyl (C=O) groups is 2. The average molecular weight is 456 g/mol. The van der Waals surface area contributed by atoms with Crippen LogP contribution in [0.3, 0.4) is 0 Å². The number of hydrogen-bond donors (Lipinski definition) is 1. The Balaban J connectivity index is 1.38. The molecule has 2 saturated carbocycles. The van der Waals surface area contributed by atoms with Crippen molar-refractivity contribution in [2.75, 3.05) is 5.75 Å². The van der Waals surface area contributed by atoms with Gasteiger partial charge in [0.25, 0.3) is 5.91 Å². The number of fused-ring (bicyclic) bond motifs is 7. The van der Waals surface area contributed by atoms with Gasteiger partial charge in [0.2, 0.25) is 5.91 Å². The van der Waals surface area contributed by atoms with Gasteiger partial charge in [-0.15, -0.1) is 0 Å². The van der Waals surface area contributed by atoms with Crippen molar-refractivity contribution in [2.45, 2.75) is 62.7 Å². The Bertz CT molecular complexity index is 1050. The summed E-state index contributed by atoms with van der Waals surface area (Å²) in [7, 11) is -1.67. The predicted molar refractivity (Wildman–Crippen MR) is 119 cm³/mol. The largest absolute Gasteiger partial charge is 0.392 e. The van der Waals surface area contributed by atoms with E-state index in [0.717, 1.165) is 24.8 Å². The smallest absolute Gasteiger partial charge is 0.252 e. The first kappa shape index (κ1) is 20.8. The molecule has 1 aromatic rings. The third-order valence-corrected chi connectivity index (χ3v) is 11.6. The number of hydrogen-bond acceptors (Lipinski definition) is 5. The van der Waals surface area contributed by atoms with Crippen LogP contribution in [-0.4, -0.2) is 54.8 Å². The molecule has 170 valence electrons. The van der Waals surface area contributed by atoms with Crippen molar-refractivity contribution in [3.8, 4) is 0 Å². The van der Waals surface area contributed by atoms with Crippen LogP contribution >= 0.6 is 0 Å². The molecule has 2 amide bonds. The molecule has 2 aliphatic carbocycles. The molecule has 32 heavy (non-hydrogen) atoms. The van der Waals surface area contributed by atoms with Crippen LogP contribution in [0.1, 0.15) is 38.7 Å². The lowest BCUT2D eigenvalue weighted by Gasteiger charge is -2.42. The highest BCUT2D eigenvalue weighted by Gasteiger charge is 2.75. The number of benzene rings is 1. The number of nitrogens with zero attached hydrogens (tertiary/aromatic N) is 1. The molecule has 8 atom stereocenters. The molecule has 1 N–H and O–H groups in total. The molecule has 3 aliphatic heterocycles. The Hall–Kier alpha value is -1.83. The first-order valence-corrected chi connectivity index (χ1v) is 12.9. The number of aliphatic hydroxyl groups excluding tert-OH is 1. The number of ether oxygens (including phenoxy) is 1. The lowest BCUT2D eigenvalue weighted by atomic mass is 9.70. The zero-order valence-electron chi connectivity index (χ0n) is 18.4. The number of amides is 2. The molecule has 0 radical (unpaired) electrons. The molecule has 1 aromatic carbocycles. The third-order valence-electron chi connectivity index (χ3n) is 9.44. The van der Waals surface area contributed by atoms with Gasteiger partial charge in [0.05, 0.1) is 24.7 Å². The Labute approximate surface area is 190 Å². The van der Waals surface area contributed by atoms with E-state index in [2.05, 4.69) is 13.8 Å². The fraction of sp³-hybridized carbons (Fsp3) is 0.600. The van der Waals surface area contributed by atoms with E-state index in [-0.39, 0.29) is 29.5 Å². The summed E-state index contributed by atoms with van der Waals surface area (Å²) in [6.07, 6.45) is 4.46. The van der Waals surface area contributed by atoms with Crippen LogP contribution < -0.4 is 0 Å². The minimum Gasteiger partial charge on any atom is -0.392 e. The van der Waals surface area contributed by atoms with Crippen LogP contribution in [-0.2, 0) is 31.7 Å². The minimum absolute atomic E-state index is 0.155. The Morgan fingerprint density at radius 2 is 1.94 bits per heavy atom. The Morgan fingerprint density at radius 1 is 1.19 bits per heavy atom. The first-order valence-electron chi connectivity index (χ1n) is 11.5. The molecular weight excluding hydrogens is 426 g/mol. The average Bonchev–Trinajstić information content (AvgIpc) is 3.52. The monoisotopic (exact) mass is 455 g/mol. The summed E-state index contributed by atoms with van der Waals surface area (Å²) in [6.45, 7) is 4.50. The molecule has 7 heteroatoms. The molecule has 6 nitrogen and oxygen atoms in total. The lowest BCUT2D eigenvalue weighted by molar-refractivity contribution is -0.142. The molecule has 1 unspecified atom stereocenters. The summed E-state index contributed by atoms with van der Waals surface area (Å²) < 4.78 is 18.8. The third kappa shape index (κ3) is 2.30. The quantitative estimate of drug-likeness (QED) is 0.544. The van der Waals surface area contributed by atoms with Gasteiger partial charge in [-0.05, 0) is 36.2 Å². The normalized spacial score (nSPS) is 44.0. The van der Waals surface area contributed by atoms with Crippen molar-refractivity contribution in [3.05, 3.63) is 48.0 Å². The zero-order chi connectivity index (χ0) is 22.5. The van der Waals surface area contributed by atoms with Crippen molar-refractivity contribution in [1.82, 2.24) is 4.90 Å². The molecule has 5 aliphatic rings. The topological polar surface area (TPSA) is 83.9 Å². The van der Waals surface area contributed by atoms with Crippen molar-refractivity contribution in [2.24, 2.45) is 22.7 Å². The second kappa shape index (κ2) is 6.61. The van der Waals surface area contributed by atoms with Gasteiger partial charge >= 0.3 is 0 Å². The zero-order valence-corrected chi connectivity index (χ0v) is 19.2. The van der Waals surface area contributed by atoms with Gasteiger partial charge in [0.1, 0.15) is 6.10 Å². The summed E-state index contributed by atoms with van der Waals surface area (Å²) in [5, 5.41) is 11.0. The number of likely N-dealkylation sites (tertiary alicyclic amines) is 1. The van der Waals surface area contributed by atoms with Crippen molar-refractivity contribution in [3.63, 3.8) is 0 Å². The van der Waals surface area contributed by atoms with Crippen molar-refractivity contribution in [1.29, 1.82) is 0 Å². The first-order chi connectivity index (χ1) is 15.2. The summed E-state index contributed by atoms with van der Waals surface area (Å²) in [5.74, 6) is -0.814. The van der Waals surface area contributed by atoms with Crippen LogP contribution in [0.25, 0.3) is 0 Å². The number of rotatable bonds is 5. The van der Waals surface area contributed by atoms with E-state index in [1.165, 1.54) is 4.90 Å². The van der Waals surface area contributed by atoms with Crippen LogP contribution in [0.5, 0.6) is 0 Å². The van der Waals surface area contributed by atoms with Gasteiger partial charge in [-0.1, -0.05) is 56.3 Å².